The van der Waals surface area contributed by atoms with Gasteiger partial charge in [-0.25, -0.2) is 4.57 Å². The molecule has 0 aromatic rings. The summed E-state index contributed by atoms with van der Waals surface area (Å²) in [5, 5.41) is 63.4. The number of hydrogen-bond donors (Lipinski definition) is 8. The van der Waals surface area contributed by atoms with Crippen LogP contribution in [0.3, 0.4) is 0 Å². The van der Waals surface area contributed by atoms with Crippen molar-refractivity contribution in [1.82, 2.24) is 5.32 Å². The minimum Gasteiger partial charge on any atom is -0.387 e. The van der Waals surface area contributed by atoms with Gasteiger partial charge in [0.2, 0.25) is 5.91 Å². The van der Waals surface area contributed by atoms with Crippen LogP contribution in [0, 0.1) is 0 Å². The van der Waals surface area contributed by atoms with Gasteiger partial charge in [-0.05, 0) is 19.3 Å². The Bertz CT molecular complexity index is 863. The zero-order chi connectivity index (χ0) is 35.1. The number of amides is 1. The summed E-state index contributed by atoms with van der Waals surface area (Å²) in [4.78, 5) is 23.0. The van der Waals surface area contributed by atoms with Crippen molar-refractivity contribution in [2.45, 2.75) is 191 Å². The number of aliphatic hydroxyl groups is 6. The molecule has 0 aliphatic heterocycles. The molecule has 0 radical (unpaired) electrons. The number of unbranched alkanes of at least 4 members (excludes halogenated alkanes) is 17. The number of hydrogen-bond acceptors (Lipinski definition) is 10. The van der Waals surface area contributed by atoms with Crippen molar-refractivity contribution < 1.29 is 53.9 Å². The van der Waals surface area contributed by atoms with E-state index in [2.05, 4.69) is 19.2 Å². The van der Waals surface area contributed by atoms with Gasteiger partial charge in [-0.1, -0.05) is 129 Å². The van der Waals surface area contributed by atoms with Crippen LogP contribution >= 0.6 is 7.82 Å². The first-order valence-electron chi connectivity index (χ1n) is 18.1. The molecule has 1 amide bonds. The second-order valence-corrected chi connectivity index (χ2v) is 14.5. The zero-order valence-electron chi connectivity index (χ0n) is 28.8. The Hall–Kier alpha value is -0.920. The van der Waals surface area contributed by atoms with Crippen LogP contribution in [0.1, 0.15) is 142 Å². The van der Waals surface area contributed by atoms with E-state index in [0.717, 1.165) is 44.9 Å². The van der Waals surface area contributed by atoms with Crippen LogP contribution < -0.4 is 5.32 Å². The van der Waals surface area contributed by atoms with Crippen molar-refractivity contribution in [3.63, 3.8) is 0 Å². The molecular weight excluding hydrogens is 629 g/mol. The van der Waals surface area contributed by atoms with Gasteiger partial charge in [0.1, 0.15) is 36.6 Å². The highest BCUT2D eigenvalue weighted by Crippen LogP contribution is 2.47. The molecule has 0 aromatic heterocycles. The maximum Gasteiger partial charge on any atom is 0.472 e. The summed E-state index contributed by atoms with van der Waals surface area (Å²) >= 11 is 0. The number of carbonyl (C=O) groups excluding carboxylic acids is 1. The highest BCUT2D eigenvalue weighted by atomic mass is 31.2. The van der Waals surface area contributed by atoms with Crippen molar-refractivity contribution in [2.75, 3.05) is 6.61 Å². The van der Waals surface area contributed by atoms with E-state index in [1.807, 2.05) is 6.08 Å². The number of allylic oxidation sites excluding steroid dienone is 1. The Morgan fingerprint density at radius 1 is 0.702 bits per heavy atom. The second-order valence-electron chi connectivity index (χ2n) is 13.1. The molecule has 0 bridgehead atoms. The van der Waals surface area contributed by atoms with Crippen LogP contribution in [0.5, 0.6) is 0 Å². The Morgan fingerprint density at radius 3 is 1.62 bits per heavy atom. The largest absolute Gasteiger partial charge is 0.472 e. The number of phosphoric ester groups is 1. The van der Waals surface area contributed by atoms with E-state index in [-0.39, 0.29) is 12.3 Å². The third kappa shape index (κ3) is 19.2. The van der Waals surface area contributed by atoms with Crippen LogP contribution in [0.2, 0.25) is 0 Å². The highest BCUT2D eigenvalue weighted by molar-refractivity contribution is 7.47. The summed E-state index contributed by atoms with van der Waals surface area (Å²) < 4.78 is 22.7. The molecule has 1 aliphatic rings. The molecule has 1 fully saturated rings. The van der Waals surface area contributed by atoms with Gasteiger partial charge in [0.05, 0.1) is 18.8 Å². The fraction of sp³-hybridized carbons (Fsp3) is 0.912. The Morgan fingerprint density at radius 2 is 1.13 bits per heavy atom. The van der Waals surface area contributed by atoms with E-state index < -0.39 is 63.2 Å². The number of aliphatic hydroxyl groups excluding tert-OH is 6. The first kappa shape index (κ1) is 44.1. The van der Waals surface area contributed by atoms with E-state index in [1.165, 1.54) is 76.7 Å². The predicted octanol–water partition coefficient (Wildman–Crippen LogP) is 4.55. The summed E-state index contributed by atoms with van der Waals surface area (Å²) in [6.45, 7) is 3.74. The monoisotopic (exact) mass is 695 g/mol. The van der Waals surface area contributed by atoms with E-state index in [1.54, 1.807) is 0 Å². The summed E-state index contributed by atoms with van der Waals surface area (Å²) in [7, 11) is -5.06. The lowest BCUT2D eigenvalue weighted by molar-refractivity contribution is -0.220. The van der Waals surface area contributed by atoms with Gasteiger partial charge < -0.3 is 40.8 Å². The van der Waals surface area contributed by atoms with Gasteiger partial charge in [-0.15, -0.1) is 0 Å². The zero-order valence-corrected chi connectivity index (χ0v) is 29.7. The van der Waals surface area contributed by atoms with Crippen LogP contribution in [0.4, 0.5) is 0 Å². The molecule has 1 rings (SSSR count). The Kier molecular flexibility index (Phi) is 24.4. The summed E-state index contributed by atoms with van der Waals surface area (Å²) in [6, 6.07) is -1.11. The smallest absolute Gasteiger partial charge is 0.387 e. The van der Waals surface area contributed by atoms with Gasteiger partial charge in [0.25, 0.3) is 0 Å². The second kappa shape index (κ2) is 26.0. The van der Waals surface area contributed by atoms with Crippen molar-refractivity contribution in [2.24, 2.45) is 0 Å². The minimum absolute atomic E-state index is 0.215. The topological polar surface area (TPSA) is 206 Å². The average Bonchev–Trinajstić information content (AvgIpc) is 3.04. The van der Waals surface area contributed by atoms with Gasteiger partial charge in [-0.2, -0.15) is 0 Å². The Labute approximate surface area is 282 Å². The van der Waals surface area contributed by atoms with Crippen LogP contribution in [0.15, 0.2) is 12.2 Å². The maximum absolute atomic E-state index is 12.7. The van der Waals surface area contributed by atoms with E-state index in [9.17, 15) is 44.9 Å². The van der Waals surface area contributed by atoms with E-state index in [0.29, 0.717) is 6.42 Å². The molecule has 1 aliphatic carbocycles. The summed E-state index contributed by atoms with van der Waals surface area (Å²) in [5.74, 6) is -0.348. The third-order valence-electron chi connectivity index (χ3n) is 8.82. The molecule has 8 N–H and O–H groups in total. The normalized spacial score (nSPS) is 25.9. The molecule has 0 spiro atoms. The first-order chi connectivity index (χ1) is 22.4. The van der Waals surface area contributed by atoms with Crippen molar-refractivity contribution in [3.05, 3.63) is 12.2 Å². The predicted molar refractivity (Wildman–Crippen MR) is 181 cm³/mol. The lowest BCUT2D eigenvalue weighted by atomic mass is 9.85. The molecule has 1 saturated carbocycles. The van der Waals surface area contributed by atoms with Gasteiger partial charge in [0, 0.05) is 6.42 Å². The molecule has 278 valence electrons. The maximum atomic E-state index is 12.7. The van der Waals surface area contributed by atoms with Crippen molar-refractivity contribution >= 4 is 13.7 Å². The Balaban J connectivity index is 2.65. The van der Waals surface area contributed by atoms with Gasteiger partial charge in [0.15, 0.2) is 0 Å². The standard InChI is InChI=1S/C34H66NO11P/c1-3-5-7-9-11-13-14-15-16-17-19-21-23-27(36)26(35-28(37)24-22-20-18-12-10-8-6-4-2)25-45-47(43,44)46-34-32(41)30(39)29(38)31(40)33(34)42/h21,23,26-27,29-34,36,38-42H,3-20,22,24-25H2,1-2H3,(H,35,37)(H,43,44)/b23-21+/t26-,27+,29?,30+,31?,32?,33?,34?/m0/s1. The van der Waals surface area contributed by atoms with E-state index in [4.69, 9.17) is 9.05 Å². The molecule has 0 aromatic carbocycles. The molecule has 0 heterocycles. The van der Waals surface area contributed by atoms with Gasteiger partial charge >= 0.3 is 7.82 Å². The number of nitrogens with one attached hydrogen (secondary N) is 1. The van der Waals surface area contributed by atoms with Crippen LogP contribution in [-0.2, 0) is 18.4 Å². The lowest BCUT2D eigenvalue weighted by Crippen LogP contribution is -2.64. The van der Waals surface area contributed by atoms with E-state index >= 15 is 0 Å². The summed E-state index contributed by atoms with van der Waals surface area (Å²) in [5.41, 5.74) is 0. The van der Waals surface area contributed by atoms with Crippen LogP contribution in [-0.4, -0.2) is 96.8 Å². The number of rotatable bonds is 28. The lowest BCUT2D eigenvalue weighted by Gasteiger charge is -2.41. The molecular formula is C34H66NO11P. The first-order valence-corrected chi connectivity index (χ1v) is 19.6. The molecule has 12 nitrogen and oxygen atoms in total. The molecule has 13 heteroatoms. The molecule has 9 atom stereocenters. The summed E-state index contributed by atoms with van der Waals surface area (Å²) in [6.07, 6.45) is 11.8. The molecule has 47 heavy (non-hydrogen) atoms. The highest BCUT2D eigenvalue weighted by Gasteiger charge is 2.51. The molecule has 0 saturated heterocycles. The SMILES string of the molecule is CCCCCCCCCCCC/C=C/[C@@H](O)[C@H](COP(=O)(O)OC1C(O)C(O)C(O)[C@@H](O)C1O)NC(=O)CCCCCCCCCC. The van der Waals surface area contributed by atoms with Gasteiger partial charge in [-0.3, -0.25) is 13.8 Å². The number of carbonyl (C=O) groups is 1. The average molecular weight is 696 g/mol. The van der Waals surface area contributed by atoms with Crippen molar-refractivity contribution in [1.29, 1.82) is 0 Å². The fourth-order valence-electron chi connectivity index (χ4n) is 5.72. The van der Waals surface area contributed by atoms with Crippen LogP contribution in [0.25, 0.3) is 0 Å². The molecule has 6 unspecified atom stereocenters. The third-order valence-corrected chi connectivity index (χ3v) is 9.80. The van der Waals surface area contributed by atoms with Crippen molar-refractivity contribution in [3.8, 4) is 0 Å². The minimum atomic E-state index is -5.06. The quantitative estimate of drug-likeness (QED) is 0.0324. The number of phosphoric acid groups is 1. The fourth-order valence-corrected chi connectivity index (χ4v) is 6.69.